The Morgan fingerprint density at radius 2 is 2.40 bits per heavy atom. The van der Waals surface area contributed by atoms with Gasteiger partial charge >= 0.3 is 0 Å². The van der Waals surface area contributed by atoms with Crippen molar-refractivity contribution in [3.8, 4) is 0 Å². The maximum atomic E-state index is 10.7. The van der Waals surface area contributed by atoms with Gasteiger partial charge in [-0.1, -0.05) is 0 Å². The molecule has 4 nitrogen and oxygen atoms in total. The lowest BCUT2D eigenvalue weighted by atomic mass is 10.3. The summed E-state index contributed by atoms with van der Waals surface area (Å²) in [6, 6.07) is -0.460. The molecule has 0 aliphatic carbocycles. The minimum Gasteiger partial charge on any atom is -0.396 e. The van der Waals surface area contributed by atoms with Gasteiger partial charge in [-0.3, -0.25) is 4.79 Å². The normalized spacial score (nSPS) is 12.7. The fourth-order valence-electron chi connectivity index (χ4n) is 0.452. The van der Waals surface area contributed by atoms with E-state index in [1.807, 2.05) is 0 Å². The largest absolute Gasteiger partial charge is 0.396 e. The summed E-state index contributed by atoms with van der Waals surface area (Å²) in [5.74, 6) is -0.173. The number of hydrogen-bond acceptors (Lipinski definition) is 3. The van der Waals surface area contributed by atoms with Crippen molar-refractivity contribution in [2.45, 2.75) is 19.4 Å². The second-order valence-corrected chi connectivity index (χ2v) is 2.16. The first-order chi connectivity index (χ1) is 4.68. The van der Waals surface area contributed by atoms with Gasteiger partial charge in [0.1, 0.15) is 0 Å². The molecule has 0 heterocycles. The fraction of sp³-hybridized carbons (Fsp3) is 0.833. The van der Waals surface area contributed by atoms with Crippen LogP contribution in [0.25, 0.3) is 0 Å². The Balaban J connectivity index is 3.22. The monoisotopic (exact) mass is 146 g/mol. The highest BCUT2D eigenvalue weighted by molar-refractivity contribution is 5.80. The fourth-order valence-corrected chi connectivity index (χ4v) is 0.452. The number of rotatable bonds is 4. The summed E-state index contributed by atoms with van der Waals surface area (Å²) in [4.78, 5) is 10.7. The lowest BCUT2D eigenvalue weighted by molar-refractivity contribution is -0.121. The summed E-state index contributed by atoms with van der Waals surface area (Å²) in [6.07, 6.45) is 0.582. The first kappa shape index (κ1) is 9.39. The molecule has 0 fully saturated rings. The molecule has 0 aromatic heterocycles. The maximum absolute atomic E-state index is 10.7. The van der Waals surface area contributed by atoms with Crippen molar-refractivity contribution in [3.63, 3.8) is 0 Å². The summed E-state index contributed by atoms with van der Waals surface area (Å²) in [5.41, 5.74) is 5.24. The van der Waals surface area contributed by atoms with Crippen LogP contribution in [0.3, 0.4) is 0 Å². The van der Waals surface area contributed by atoms with Gasteiger partial charge in [-0.15, -0.1) is 0 Å². The Hall–Kier alpha value is -0.610. The number of amides is 1. The zero-order valence-corrected chi connectivity index (χ0v) is 6.13. The van der Waals surface area contributed by atoms with Crippen molar-refractivity contribution in [2.24, 2.45) is 5.73 Å². The molecule has 0 saturated heterocycles. The van der Waals surface area contributed by atoms with Crippen LogP contribution in [0.1, 0.15) is 13.3 Å². The summed E-state index contributed by atoms with van der Waals surface area (Å²) in [5, 5.41) is 10.9. The van der Waals surface area contributed by atoms with Crippen LogP contribution in [0.4, 0.5) is 0 Å². The number of aliphatic hydroxyl groups excluding tert-OH is 1. The van der Waals surface area contributed by atoms with E-state index in [1.165, 1.54) is 0 Å². The Labute approximate surface area is 60.4 Å². The standard InChI is InChI=1S/C6H14N2O2/c1-5(7)6(10)8-3-2-4-9/h5,9H,2-4,7H2,1H3,(H,8,10)/t5-/m0/s1. The third-order valence-corrected chi connectivity index (χ3v) is 1.05. The maximum Gasteiger partial charge on any atom is 0.236 e. The third kappa shape index (κ3) is 4.29. The molecular weight excluding hydrogens is 132 g/mol. The van der Waals surface area contributed by atoms with Crippen LogP contribution in [-0.4, -0.2) is 30.2 Å². The molecule has 1 atom stereocenters. The molecule has 4 heteroatoms. The molecular formula is C6H14N2O2. The lowest BCUT2D eigenvalue weighted by Crippen LogP contribution is -2.38. The molecule has 0 aromatic carbocycles. The number of aliphatic hydroxyl groups is 1. The summed E-state index contributed by atoms with van der Waals surface area (Å²) < 4.78 is 0. The number of carbonyl (C=O) groups is 1. The minimum atomic E-state index is -0.460. The van der Waals surface area contributed by atoms with E-state index in [0.717, 1.165) is 0 Å². The molecule has 0 bridgehead atoms. The van der Waals surface area contributed by atoms with Gasteiger partial charge in [-0.25, -0.2) is 0 Å². The van der Waals surface area contributed by atoms with E-state index < -0.39 is 6.04 Å². The van der Waals surface area contributed by atoms with Gasteiger partial charge in [0.25, 0.3) is 0 Å². The highest BCUT2D eigenvalue weighted by Crippen LogP contribution is 1.76. The molecule has 0 saturated carbocycles. The van der Waals surface area contributed by atoms with Crippen LogP contribution in [0.2, 0.25) is 0 Å². The Bertz CT molecular complexity index is 104. The van der Waals surface area contributed by atoms with Crippen LogP contribution < -0.4 is 11.1 Å². The van der Waals surface area contributed by atoms with Crippen molar-refractivity contribution in [1.82, 2.24) is 5.32 Å². The van der Waals surface area contributed by atoms with Gasteiger partial charge in [-0.05, 0) is 13.3 Å². The second-order valence-electron chi connectivity index (χ2n) is 2.16. The van der Waals surface area contributed by atoms with Crippen molar-refractivity contribution < 1.29 is 9.90 Å². The quantitative estimate of drug-likeness (QED) is 0.437. The second kappa shape index (κ2) is 5.20. The van der Waals surface area contributed by atoms with E-state index in [2.05, 4.69) is 5.32 Å². The van der Waals surface area contributed by atoms with Crippen molar-refractivity contribution in [2.75, 3.05) is 13.2 Å². The Morgan fingerprint density at radius 3 is 2.80 bits per heavy atom. The summed E-state index contributed by atoms with van der Waals surface area (Å²) >= 11 is 0. The lowest BCUT2D eigenvalue weighted by Gasteiger charge is -2.05. The number of carbonyl (C=O) groups excluding carboxylic acids is 1. The van der Waals surface area contributed by atoms with Gasteiger partial charge in [-0.2, -0.15) is 0 Å². The molecule has 0 aromatic rings. The third-order valence-electron chi connectivity index (χ3n) is 1.05. The first-order valence-corrected chi connectivity index (χ1v) is 3.32. The highest BCUT2D eigenvalue weighted by Gasteiger charge is 2.04. The number of nitrogens with two attached hydrogens (primary N) is 1. The van der Waals surface area contributed by atoms with Crippen molar-refractivity contribution in [3.05, 3.63) is 0 Å². The van der Waals surface area contributed by atoms with Gasteiger partial charge in [0.05, 0.1) is 6.04 Å². The average molecular weight is 146 g/mol. The van der Waals surface area contributed by atoms with Crippen LogP contribution in [0.15, 0.2) is 0 Å². The van der Waals surface area contributed by atoms with Crippen LogP contribution in [0, 0.1) is 0 Å². The van der Waals surface area contributed by atoms with E-state index >= 15 is 0 Å². The summed E-state index contributed by atoms with van der Waals surface area (Å²) in [7, 11) is 0. The molecule has 4 N–H and O–H groups in total. The predicted molar refractivity (Wildman–Crippen MR) is 38.4 cm³/mol. The van der Waals surface area contributed by atoms with E-state index in [0.29, 0.717) is 13.0 Å². The van der Waals surface area contributed by atoms with Crippen LogP contribution in [-0.2, 0) is 4.79 Å². The van der Waals surface area contributed by atoms with Crippen molar-refractivity contribution >= 4 is 5.91 Å². The molecule has 0 radical (unpaired) electrons. The van der Waals surface area contributed by atoms with Crippen LogP contribution >= 0.6 is 0 Å². The van der Waals surface area contributed by atoms with E-state index in [4.69, 9.17) is 10.8 Å². The Kier molecular flexibility index (Phi) is 4.88. The number of hydrogen-bond donors (Lipinski definition) is 3. The zero-order valence-electron chi connectivity index (χ0n) is 6.13. The van der Waals surface area contributed by atoms with E-state index in [1.54, 1.807) is 6.92 Å². The molecule has 0 rings (SSSR count). The SMILES string of the molecule is C[C@H](N)C(=O)NCCCO. The molecule has 1 amide bonds. The summed E-state index contributed by atoms with van der Waals surface area (Å²) in [6.45, 7) is 2.21. The zero-order chi connectivity index (χ0) is 7.98. The molecule has 0 unspecified atom stereocenters. The van der Waals surface area contributed by atoms with E-state index in [9.17, 15) is 4.79 Å². The minimum absolute atomic E-state index is 0.0965. The van der Waals surface area contributed by atoms with Gasteiger partial charge in [0, 0.05) is 13.2 Å². The van der Waals surface area contributed by atoms with E-state index in [-0.39, 0.29) is 12.5 Å². The Morgan fingerprint density at radius 1 is 1.80 bits per heavy atom. The van der Waals surface area contributed by atoms with Crippen LogP contribution in [0.5, 0.6) is 0 Å². The van der Waals surface area contributed by atoms with Gasteiger partial charge in [0.15, 0.2) is 0 Å². The van der Waals surface area contributed by atoms with Gasteiger partial charge in [0.2, 0.25) is 5.91 Å². The topological polar surface area (TPSA) is 75.4 Å². The predicted octanol–water partition coefficient (Wildman–Crippen LogP) is -1.17. The number of nitrogens with one attached hydrogen (secondary N) is 1. The highest BCUT2D eigenvalue weighted by atomic mass is 16.3. The molecule has 60 valence electrons. The molecule has 10 heavy (non-hydrogen) atoms. The molecule has 0 aliphatic heterocycles. The van der Waals surface area contributed by atoms with Gasteiger partial charge < -0.3 is 16.2 Å². The molecule has 0 spiro atoms. The average Bonchev–Trinajstić information content (AvgIpc) is 1.88. The molecule has 0 aliphatic rings. The smallest absolute Gasteiger partial charge is 0.236 e. The first-order valence-electron chi connectivity index (χ1n) is 3.32. The van der Waals surface area contributed by atoms with Crippen molar-refractivity contribution in [1.29, 1.82) is 0 Å².